The predicted octanol–water partition coefficient (Wildman–Crippen LogP) is 3.11. The van der Waals surface area contributed by atoms with Crippen LogP contribution in [0.15, 0.2) is 12.1 Å². The lowest BCUT2D eigenvalue weighted by molar-refractivity contribution is 0.281. The van der Waals surface area contributed by atoms with E-state index in [0.29, 0.717) is 0 Å². The van der Waals surface area contributed by atoms with Crippen LogP contribution >= 0.6 is 0 Å². The Morgan fingerprint density at radius 1 is 1.20 bits per heavy atom. The Bertz CT molecular complexity index is 480. The molecule has 1 aromatic rings. The molecular formula is C17H26N2O. The zero-order chi connectivity index (χ0) is 14.3. The number of aliphatic hydroxyl groups is 1. The molecule has 110 valence electrons. The van der Waals surface area contributed by atoms with Crippen molar-refractivity contribution < 1.29 is 5.11 Å². The van der Waals surface area contributed by atoms with Gasteiger partial charge in [-0.1, -0.05) is 27.2 Å². The number of hydrogen-bond donors (Lipinski definition) is 1. The van der Waals surface area contributed by atoms with Crippen molar-refractivity contribution >= 4 is 5.82 Å². The van der Waals surface area contributed by atoms with Crippen LogP contribution < -0.4 is 4.90 Å². The molecule has 3 heteroatoms. The Morgan fingerprint density at radius 2 is 1.85 bits per heavy atom. The van der Waals surface area contributed by atoms with Gasteiger partial charge in [0.2, 0.25) is 0 Å². The van der Waals surface area contributed by atoms with Gasteiger partial charge in [0.15, 0.2) is 0 Å². The molecule has 0 radical (unpaired) electrons. The van der Waals surface area contributed by atoms with Crippen LogP contribution in [0.3, 0.4) is 0 Å². The maximum atomic E-state index is 9.51. The highest BCUT2D eigenvalue weighted by Crippen LogP contribution is 2.39. The van der Waals surface area contributed by atoms with Gasteiger partial charge in [0.05, 0.1) is 6.61 Å². The van der Waals surface area contributed by atoms with E-state index in [1.165, 1.54) is 19.3 Å². The summed E-state index contributed by atoms with van der Waals surface area (Å²) in [6.45, 7) is 8.93. The number of aromatic nitrogens is 1. The van der Waals surface area contributed by atoms with Crippen LogP contribution in [-0.4, -0.2) is 23.2 Å². The first-order valence-electron chi connectivity index (χ1n) is 7.84. The molecule has 1 aromatic heterocycles. The van der Waals surface area contributed by atoms with Crippen LogP contribution in [0.25, 0.3) is 0 Å². The van der Waals surface area contributed by atoms with Gasteiger partial charge in [-0.3, -0.25) is 0 Å². The summed E-state index contributed by atoms with van der Waals surface area (Å²) in [7, 11) is 0. The average molecular weight is 274 g/mol. The van der Waals surface area contributed by atoms with E-state index in [4.69, 9.17) is 4.98 Å². The van der Waals surface area contributed by atoms with Crippen molar-refractivity contribution in [3.8, 4) is 0 Å². The molecule has 0 spiro atoms. The number of fused-ring (bicyclic) bond motifs is 1. The molecule has 2 atom stereocenters. The minimum atomic E-state index is 0.0233. The van der Waals surface area contributed by atoms with Crippen molar-refractivity contribution in [1.29, 1.82) is 0 Å². The Labute approximate surface area is 122 Å². The zero-order valence-electron chi connectivity index (χ0n) is 12.9. The first-order valence-corrected chi connectivity index (χ1v) is 7.84. The van der Waals surface area contributed by atoms with Gasteiger partial charge in [-0.05, 0) is 42.4 Å². The summed E-state index contributed by atoms with van der Waals surface area (Å²) in [5.74, 6) is 2.80. The van der Waals surface area contributed by atoms with Crippen LogP contribution in [0.1, 0.15) is 51.3 Å². The molecule has 0 aromatic carbocycles. The Hall–Kier alpha value is -1.09. The summed E-state index contributed by atoms with van der Waals surface area (Å²) in [6.07, 6.45) is 4.17. The van der Waals surface area contributed by atoms with Gasteiger partial charge in [-0.2, -0.15) is 0 Å². The second-order valence-corrected chi connectivity index (χ2v) is 7.48. The van der Waals surface area contributed by atoms with Gasteiger partial charge >= 0.3 is 0 Å². The van der Waals surface area contributed by atoms with Gasteiger partial charge < -0.3 is 10.0 Å². The summed E-state index contributed by atoms with van der Waals surface area (Å²) in [4.78, 5) is 7.31. The van der Waals surface area contributed by atoms with Crippen molar-refractivity contribution in [1.82, 2.24) is 4.98 Å². The van der Waals surface area contributed by atoms with E-state index in [1.807, 2.05) is 6.07 Å². The maximum Gasteiger partial charge on any atom is 0.129 e. The maximum absolute atomic E-state index is 9.51. The van der Waals surface area contributed by atoms with Crippen LogP contribution in [0.4, 0.5) is 5.82 Å². The molecule has 1 aliphatic carbocycles. The first-order chi connectivity index (χ1) is 9.47. The van der Waals surface area contributed by atoms with Crippen LogP contribution in [-0.2, 0) is 12.0 Å². The standard InChI is InChI=1S/C17H26N2O/c1-17(2,3)15-7-12(11-20)8-16(18-15)19-9-13-5-4-6-14(13)10-19/h7-8,13-14,20H,4-6,9-11H2,1-3H3. The number of pyridine rings is 1. The zero-order valence-corrected chi connectivity index (χ0v) is 12.9. The molecule has 2 unspecified atom stereocenters. The van der Waals surface area contributed by atoms with Gasteiger partial charge in [0.1, 0.15) is 5.82 Å². The van der Waals surface area contributed by atoms with E-state index < -0.39 is 0 Å². The van der Waals surface area contributed by atoms with Crippen molar-refractivity contribution in [3.63, 3.8) is 0 Å². The summed E-state index contributed by atoms with van der Waals surface area (Å²) in [5, 5.41) is 9.51. The second-order valence-electron chi connectivity index (χ2n) is 7.48. The minimum Gasteiger partial charge on any atom is -0.392 e. The van der Waals surface area contributed by atoms with Gasteiger partial charge in [0.25, 0.3) is 0 Å². The molecule has 0 bridgehead atoms. The quantitative estimate of drug-likeness (QED) is 0.900. The van der Waals surface area contributed by atoms with E-state index in [1.54, 1.807) is 0 Å². The first kappa shape index (κ1) is 13.9. The summed E-state index contributed by atoms with van der Waals surface area (Å²) in [6, 6.07) is 4.11. The van der Waals surface area contributed by atoms with Gasteiger partial charge in [-0.15, -0.1) is 0 Å². The highest BCUT2D eigenvalue weighted by molar-refractivity contribution is 5.45. The minimum absolute atomic E-state index is 0.0233. The number of rotatable bonds is 2. The van der Waals surface area contributed by atoms with E-state index in [9.17, 15) is 5.11 Å². The van der Waals surface area contributed by atoms with E-state index >= 15 is 0 Å². The van der Waals surface area contributed by atoms with Crippen molar-refractivity contribution in [2.24, 2.45) is 11.8 Å². The summed E-state index contributed by atoms with van der Waals surface area (Å²) in [5.41, 5.74) is 2.09. The fourth-order valence-corrected chi connectivity index (χ4v) is 3.63. The SMILES string of the molecule is CC(C)(C)c1cc(CO)cc(N2CC3CCCC3C2)n1. The lowest BCUT2D eigenvalue weighted by Crippen LogP contribution is -2.24. The molecule has 20 heavy (non-hydrogen) atoms. The normalized spacial score (nSPS) is 26.1. The molecule has 2 aliphatic rings. The van der Waals surface area contributed by atoms with E-state index in [2.05, 4.69) is 31.7 Å². The van der Waals surface area contributed by atoms with Crippen LogP contribution in [0.5, 0.6) is 0 Å². The third kappa shape index (κ3) is 2.56. The molecule has 0 amide bonds. The third-order valence-corrected chi connectivity index (χ3v) is 4.87. The monoisotopic (exact) mass is 274 g/mol. The average Bonchev–Trinajstić information content (AvgIpc) is 2.97. The highest BCUT2D eigenvalue weighted by atomic mass is 16.3. The van der Waals surface area contributed by atoms with Crippen LogP contribution in [0.2, 0.25) is 0 Å². The van der Waals surface area contributed by atoms with E-state index in [0.717, 1.165) is 42.0 Å². The highest BCUT2D eigenvalue weighted by Gasteiger charge is 2.36. The lowest BCUT2D eigenvalue weighted by atomic mass is 9.91. The van der Waals surface area contributed by atoms with Crippen molar-refractivity contribution in [2.75, 3.05) is 18.0 Å². The fraction of sp³-hybridized carbons (Fsp3) is 0.706. The lowest BCUT2D eigenvalue weighted by Gasteiger charge is -2.24. The van der Waals surface area contributed by atoms with Crippen LogP contribution in [0, 0.1) is 11.8 Å². The molecule has 1 saturated carbocycles. The molecule has 1 aliphatic heterocycles. The Balaban J connectivity index is 1.89. The molecule has 3 rings (SSSR count). The summed E-state index contributed by atoms with van der Waals surface area (Å²) >= 11 is 0. The molecule has 1 N–H and O–H groups in total. The van der Waals surface area contributed by atoms with Gasteiger partial charge in [-0.25, -0.2) is 4.98 Å². The number of anilines is 1. The van der Waals surface area contributed by atoms with Crippen molar-refractivity contribution in [2.45, 2.75) is 52.1 Å². The van der Waals surface area contributed by atoms with Crippen molar-refractivity contribution in [3.05, 3.63) is 23.4 Å². The Kier molecular flexibility index (Phi) is 3.49. The Morgan fingerprint density at radius 3 is 2.40 bits per heavy atom. The molecular weight excluding hydrogens is 248 g/mol. The largest absolute Gasteiger partial charge is 0.392 e. The molecule has 2 heterocycles. The number of aliphatic hydroxyl groups excluding tert-OH is 1. The number of hydrogen-bond acceptors (Lipinski definition) is 3. The molecule has 3 nitrogen and oxygen atoms in total. The predicted molar refractivity (Wildman–Crippen MR) is 81.9 cm³/mol. The topological polar surface area (TPSA) is 36.4 Å². The summed E-state index contributed by atoms with van der Waals surface area (Å²) < 4.78 is 0. The number of nitrogens with zero attached hydrogens (tertiary/aromatic N) is 2. The van der Waals surface area contributed by atoms with Gasteiger partial charge in [0, 0.05) is 24.2 Å². The fourth-order valence-electron chi connectivity index (χ4n) is 3.63. The smallest absolute Gasteiger partial charge is 0.129 e. The molecule has 1 saturated heterocycles. The molecule has 2 fully saturated rings. The third-order valence-electron chi connectivity index (χ3n) is 4.87. The van der Waals surface area contributed by atoms with E-state index in [-0.39, 0.29) is 12.0 Å². The second kappa shape index (κ2) is 5.03.